The molecule has 2 rings (SSSR count). The van der Waals surface area contributed by atoms with Crippen molar-refractivity contribution in [2.45, 2.75) is 18.2 Å². The second-order valence-corrected chi connectivity index (χ2v) is 6.64. The summed E-state index contributed by atoms with van der Waals surface area (Å²) in [6.45, 7) is 2.21. The van der Waals surface area contributed by atoms with Crippen molar-refractivity contribution in [3.05, 3.63) is 59.7 Å². The number of rotatable bonds is 6. The van der Waals surface area contributed by atoms with E-state index in [4.69, 9.17) is 0 Å². The van der Waals surface area contributed by atoms with Gasteiger partial charge in [0.1, 0.15) is 16.5 Å². The van der Waals surface area contributed by atoms with E-state index in [1.54, 1.807) is 0 Å². The monoisotopic (exact) mass is 354 g/mol. The molecule has 0 aliphatic rings. The smallest absolute Gasteiger partial charge is 0.264 e. The molecule has 5 nitrogen and oxygen atoms in total. The van der Waals surface area contributed by atoms with Crippen molar-refractivity contribution < 1.29 is 22.0 Å². The number of halogens is 2. The predicted molar refractivity (Wildman–Crippen MR) is 86.2 cm³/mol. The van der Waals surface area contributed by atoms with Gasteiger partial charge in [0.15, 0.2) is 0 Å². The van der Waals surface area contributed by atoms with Crippen LogP contribution in [-0.4, -0.2) is 20.9 Å². The normalized spacial score (nSPS) is 11.1. The average Bonchev–Trinajstić information content (AvgIpc) is 2.54. The molecule has 128 valence electrons. The second kappa shape index (κ2) is 7.39. The molecule has 0 heterocycles. The number of hydrogen-bond donors (Lipinski definition) is 2. The van der Waals surface area contributed by atoms with Gasteiger partial charge in [-0.3, -0.25) is 9.52 Å². The van der Waals surface area contributed by atoms with Crippen molar-refractivity contribution in [3.63, 3.8) is 0 Å². The molecule has 0 fully saturated rings. The molecule has 0 aliphatic heterocycles. The second-order valence-electron chi connectivity index (χ2n) is 4.99. The summed E-state index contributed by atoms with van der Waals surface area (Å²) >= 11 is 0. The van der Waals surface area contributed by atoms with Gasteiger partial charge in [0.25, 0.3) is 15.9 Å². The largest absolute Gasteiger partial charge is 0.352 e. The van der Waals surface area contributed by atoms with Gasteiger partial charge in [-0.2, -0.15) is 0 Å². The van der Waals surface area contributed by atoms with Gasteiger partial charge < -0.3 is 5.32 Å². The quantitative estimate of drug-likeness (QED) is 0.838. The highest BCUT2D eigenvalue weighted by atomic mass is 32.2. The van der Waals surface area contributed by atoms with E-state index in [2.05, 4.69) is 10.0 Å². The summed E-state index contributed by atoms with van der Waals surface area (Å²) in [6, 6.07) is 8.07. The number of carbonyl (C=O) groups is 1. The highest BCUT2D eigenvalue weighted by molar-refractivity contribution is 7.92. The van der Waals surface area contributed by atoms with Crippen molar-refractivity contribution in [2.75, 3.05) is 11.3 Å². The van der Waals surface area contributed by atoms with Crippen LogP contribution in [0.15, 0.2) is 47.4 Å². The zero-order valence-electron chi connectivity index (χ0n) is 12.8. The molecule has 0 saturated heterocycles. The Labute approximate surface area is 138 Å². The standard InChI is InChI=1S/C16H16F2N2O3S/c1-2-9-19-16(21)12-10-11(7-8-13(12)17)20-24(22,23)15-6-4-3-5-14(15)18/h3-8,10,20H,2,9H2,1H3,(H,19,21). The summed E-state index contributed by atoms with van der Waals surface area (Å²) in [6.07, 6.45) is 0.674. The Hall–Kier alpha value is -2.48. The van der Waals surface area contributed by atoms with Crippen molar-refractivity contribution in [3.8, 4) is 0 Å². The van der Waals surface area contributed by atoms with E-state index in [9.17, 15) is 22.0 Å². The fourth-order valence-electron chi connectivity index (χ4n) is 1.97. The summed E-state index contributed by atoms with van der Waals surface area (Å²) in [7, 11) is -4.20. The van der Waals surface area contributed by atoms with Crippen molar-refractivity contribution in [2.24, 2.45) is 0 Å². The van der Waals surface area contributed by atoms with Crippen LogP contribution in [0.2, 0.25) is 0 Å². The molecule has 0 radical (unpaired) electrons. The Bertz CT molecular complexity index is 854. The average molecular weight is 354 g/mol. The molecule has 0 aromatic heterocycles. The van der Waals surface area contributed by atoms with Crippen LogP contribution in [0.25, 0.3) is 0 Å². The number of amides is 1. The van der Waals surface area contributed by atoms with Crippen LogP contribution in [-0.2, 0) is 10.0 Å². The lowest BCUT2D eigenvalue weighted by Crippen LogP contribution is -2.25. The minimum Gasteiger partial charge on any atom is -0.352 e. The molecule has 2 aromatic rings. The predicted octanol–water partition coefficient (Wildman–Crippen LogP) is 2.91. The number of nitrogens with one attached hydrogen (secondary N) is 2. The molecule has 24 heavy (non-hydrogen) atoms. The third-order valence-corrected chi connectivity index (χ3v) is 4.54. The first-order valence-corrected chi connectivity index (χ1v) is 8.68. The van der Waals surface area contributed by atoms with Crippen LogP contribution in [0.3, 0.4) is 0 Å². The Morgan fingerprint density at radius 3 is 2.46 bits per heavy atom. The molecular formula is C16H16F2N2O3S. The minimum absolute atomic E-state index is 0.0405. The molecule has 0 unspecified atom stereocenters. The van der Waals surface area contributed by atoms with Crippen LogP contribution in [0.5, 0.6) is 0 Å². The number of benzene rings is 2. The van der Waals surface area contributed by atoms with E-state index in [-0.39, 0.29) is 11.3 Å². The van der Waals surface area contributed by atoms with Gasteiger partial charge in [-0.15, -0.1) is 0 Å². The Morgan fingerprint density at radius 2 is 1.79 bits per heavy atom. The molecule has 0 atom stereocenters. The van der Waals surface area contributed by atoms with E-state index in [0.717, 1.165) is 30.3 Å². The van der Waals surface area contributed by atoms with Crippen LogP contribution in [0.1, 0.15) is 23.7 Å². The van der Waals surface area contributed by atoms with Crippen LogP contribution in [0, 0.1) is 11.6 Å². The summed E-state index contributed by atoms with van der Waals surface area (Å²) in [5, 5.41) is 2.50. The SMILES string of the molecule is CCCNC(=O)c1cc(NS(=O)(=O)c2ccccc2F)ccc1F. The molecular weight excluding hydrogens is 338 g/mol. The van der Waals surface area contributed by atoms with Gasteiger partial charge >= 0.3 is 0 Å². The van der Waals surface area contributed by atoms with Gasteiger partial charge in [-0.05, 0) is 36.8 Å². The zero-order chi connectivity index (χ0) is 17.7. The highest BCUT2D eigenvalue weighted by Crippen LogP contribution is 2.21. The maximum atomic E-state index is 13.8. The first kappa shape index (κ1) is 17.9. The molecule has 0 saturated carbocycles. The lowest BCUT2D eigenvalue weighted by molar-refractivity contribution is 0.0949. The maximum Gasteiger partial charge on any atom is 0.264 e. The third-order valence-electron chi connectivity index (χ3n) is 3.12. The number of hydrogen-bond acceptors (Lipinski definition) is 3. The van der Waals surface area contributed by atoms with E-state index < -0.39 is 32.5 Å². The molecule has 0 bridgehead atoms. The van der Waals surface area contributed by atoms with Crippen molar-refractivity contribution in [1.82, 2.24) is 5.32 Å². The highest BCUT2D eigenvalue weighted by Gasteiger charge is 2.20. The first-order chi connectivity index (χ1) is 11.3. The zero-order valence-corrected chi connectivity index (χ0v) is 13.7. The van der Waals surface area contributed by atoms with Crippen LogP contribution in [0.4, 0.5) is 14.5 Å². The molecule has 2 N–H and O–H groups in total. The van der Waals surface area contributed by atoms with E-state index in [0.29, 0.717) is 13.0 Å². The fraction of sp³-hybridized carbons (Fsp3) is 0.188. The molecule has 0 spiro atoms. The Kier molecular flexibility index (Phi) is 5.50. The summed E-state index contributed by atoms with van der Waals surface area (Å²) in [5.74, 6) is -2.34. The summed E-state index contributed by atoms with van der Waals surface area (Å²) in [5.41, 5.74) is -0.335. The lowest BCUT2D eigenvalue weighted by Gasteiger charge is -2.11. The summed E-state index contributed by atoms with van der Waals surface area (Å²) < 4.78 is 54.0. The van der Waals surface area contributed by atoms with Gasteiger partial charge in [-0.1, -0.05) is 19.1 Å². The number of sulfonamides is 1. The Morgan fingerprint density at radius 1 is 1.08 bits per heavy atom. The van der Waals surface area contributed by atoms with Gasteiger partial charge in [-0.25, -0.2) is 17.2 Å². The molecule has 8 heteroatoms. The van der Waals surface area contributed by atoms with E-state index in [1.807, 2.05) is 6.92 Å². The van der Waals surface area contributed by atoms with Crippen LogP contribution < -0.4 is 10.0 Å². The maximum absolute atomic E-state index is 13.8. The molecule has 2 aromatic carbocycles. The van der Waals surface area contributed by atoms with Crippen LogP contribution >= 0.6 is 0 Å². The number of carbonyl (C=O) groups excluding carboxylic acids is 1. The number of anilines is 1. The molecule has 0 aliphatic carbocycles. The Balaban J connectivity index is 2.30. The van der Waals surface area contributed by atoms with Crippen molar-refractivity contribution in [1.29, 1.82) is 0 Å². The van der Waals surface area contributed by atoms with E-state index >= 15 is 0 Å². The first-order valence-electron chi connectivity index (χ1n) is 7.20. The topological polar surface area (TPSA) is 75.3 Å². The third kappa shape index (κ3) is 4.08. The minimum atomic E-state index is -4.20. The molecule has 1 amide bonds. The summed E-state index contributed by atoms with van der Waals surface area (Å²) in [4.78, 5) is 11.3. The van der Waals surface area contributed by atoms with Crippen molar-refractivity contribution >= 4 is 21.6 Å². The van der Waals surface area contributed by atoms with Gasteiger partial charge in [0, 0.05) is 12.2 Å². The van der Waals surface area contributed by atoms with Gasteiger partial charge in [0.2, 0.25) is 0 Å². The van der Waals surface area contributed by atoms with Gasteiger partial charge in [0.05, 0.1) is 5.56 Å². The lowest BCUT2D eigenvalue weighted by atomic mass is 10.1. The fourth-order valence-corrected chi connectivity index (χ4v) is 3.10. The van der Waals surface area contributed by atoms with E-state index in [1.165, 1.54) is 12.1 Å².